The number of amides is 1. The minimum atomic E-state index is -0.746. The Kier molecular flexibility index (Phi) is 6.76. The molecule has 2 rings (SSSR count). The van der Waals surface area contributed by atoms with E-state index in [1.807, 2.05) is 4.90 Å². The van der Waals surface area contributed by atoms with E-state index in [1.165, 1.54) is 19.3 Å². The molecule has 0 spiro atoms. The van der Waals surface area contributed by atoms with Crippen LogP contribution in [0.25, 0.3) is 0 Å². The molecular weight excluding hydrogens is 280 g/mol. The summed E-state index contributed by atoms with van der Waals surface area (Å²) < 4.78 is 0. The van der Waals surface area contributed by atoms with E-state index < -0.39 is 5.97 Å². The van der Waals surface area contributed by atoms with Crippen molar-refractivity contribution in [1.82, 2.24) is 10.2 Å². The Hall–Kier alpha value is -0.810. The van der Waals surface area contributed by atoms with Crippen molar-refractivity contribution in [2.75, 3.05) is 19.6 Å². The van der Waals surface area contributed by atoms with Gasteiger partial charge in [0.1, 0.15) is 0 Å². The number of nitrogens with one attached hydrogen (secondary N) is 1. The Bertz CT molecular complexity index is 351. The summed E-state index contributed by atoms with van der Waals surface area (Å²) >= 11 is 0. The Morgan fingerprint density at radius 1 is 1.25 bits per heavy atom. The van der Waals surface area contributed by atoms with E-state index in [0.29, 0.717) is 38.0 Å². The first-order valence-electron chi connectivity index (χ1n) is 7.31. The quantitative estimate of drug-likeness (QED) is 0.826. The predicted molar refractivity (Wildman–Crippen MR) is 79.0 cm³/mol. The Morgan fingerprint density at radius 2 is 1.95 bits per heavy atom. The summed E-state index contributed by atoms with van der Waals surface area (Å²) in [6.07, 6.45) is 5.38. The summed E-state index contributed by atoms with van der Waals surface area (Å²) in [6, 6.07) is 0.305. The van der Waals surface area contributed by atoms with Crippen LogP contribution in [0.2, 0.25) is 0 Å². The lowest BCUT2D eigenvalue weighted by molar-refractivity contribution is -0.141. The second-order valence-corrected chi connectivity index (χ2v) is 5.99. The van der Waals surface area contributed by atoms with Gasteiger partial charge < -0.3 is 10.4 Å². The first kappa shape index (κ1) is 17.2. The van der Waals surface area contributed by atoms with E-state index in [9.17, 15) is 9.59 Å². The lowest BCUT2D eigenvalue weighted by atomic mass is 9.86. The molecule has 5 nitrogen and oxygen atoms in total. The van der Waals surface area contributed by atoms with Crippen LogP contribution in [0.4, 0.5) is 0 Å². The molecule has 2 N–H and O–H groups in total. The van der Waals surface area contributed by atoms with Gasteiger partial charge in [-0.25, -0.2) is 0 Å². The van der Waals surface area contributed by atoms with Crippen molar-refractivity contribution in [1.29, 1.82) is 0 Å². The summed E-state index contributed by atoms with van der Waals surface area (Å²) in [7, 11) is 0. The fourth-order valence-corrected chi connectivity index (χ4v) is 3.16. The number of carboxylic acid groups (broad SMARTS) is 1. The number of hydrogen-bond acceptors (Lipinski definition) is 3. The molecule has 116 valence electrons. The van der Waals surface area contributed by atoms with E-state index in [2.05, 4.69) is 12.2 Å². The molecule has 1 amide bonds. The lowest BCUT2D eigenvalue weighted by Crippen LogP contribution is -2.45. The molecule has 0 aromatic rings. The zero-order valence-corrected chi connectivity index (χ0v) is 12.8. The standard InChI is InChI=1S/C14H24N2O3.ClH/c1-10-4-2-3-5-12(10)15-13(17)9-16-7-6-11(8-16)14(18)19;/h10-12H,2-9H2,1H3,(H,15,17)(H,18,19);1H. The van der Waals surface area contributed by atoms with Crippen molar-refractivity contribution in [3.05, 3.63) is 0 Å². The largest absolute Gasteiger partial charge is 0.481 e. The van der Waals surface area contributed by atoms with Crippen LogP contribution in [0.15, 0.2) is 0 Å². The molecule has 0 bridgehead atoms. The van der Waals surface area contributed by atoms with Crippen molar-refractivity contribution in [2.45, 2.75) is 45.1 Å². The van der Waals surface area contributed by atoms with Crippen LogP contribution in [0.5, 0.6) is 0 Å². The van der Waals surface area contributed by atoms with Crippen molar-refractivity contribution < 1.29 is 14.7 Å². The SMILES string of the molecule is CC1CCCCC1NC(=O)CN1CCC(C(=O)O)C1.Cl. The van der Waals surface area contributed by atoms with E-state index in [4.69, 9.17) is 5.11 Å². The molecule has 1 aliphatic carbocycles. The summed E-state index contributed by atoms with van der Waals surface area (Å²) in [4.78, 5) is 24.8. The second-order valence-electron chi connectivity index (χ2n) is 5.99. The van der Waals surface area contributed by atoms with E-state index >= 15 is 0 Å². The fraction of sp³-hybridized carbons (Fsp3) is 0.857. The van der Waals surface area contributed by atoms with Crippen LogP contribution < -0.4 is 5.32 Å². The van der Waals surface area contributed by atoms with Gasteiger partial charge in [-0.2, -0.15) is 0 Å². The van der Waals surface area contributed by atoms with Crippen LogP contribution in [-0.2, 0) is 9.59 Å². The first-order valence-corrected chi connectivity index (χ1v) is 7.31. The minimum Gasteiger partial charge on any atom is -0.481 e. The van der Waals surface area contributed by atoms with Gasteiger partial charge in [0.15, 0.2) is 0 Å². The molecule has 0 aromatic carbocycles. The smallest absolute Gasteiger partial charge is 0.307 e. The maximum absolute atomic E-state index is 12.0. The van der Waals surface area contributed by atoms with Gasteiger partial charge in [0.2, 0.25) is 5.91 Å². The average molecular weight is 305 g/mol. The number of aliphatic carboxylic acids is 1. The Balaban J connectivity index is 0.00000200. The molecule has 3 unspecified atom stereocenters. The van der Waals surface area contributed by atoms with Gasteiger partial charge in [0.25, 0.3) is 0 Å². The van der Waals surface area contributed by atoms with E-state index in [-0.39, 0.29) is 24.2 Å². The van der Waals surface area contributed by atoms with Gasteiger partial charge in [-0.05, 0) is 31.7 Å². The lowest BCUT2D eigenvalue weighted by Gasteiger charge is -2.30. The third-order valence-corrected chi connectivity index (χ3v) is 4.45. The van der Waals surface area contributed by atoms with Crippen molar-refractivity contribution >= 4 is 24.3 Å². The highest BCUT2D eigenvalue weighted by Gasteiger charge is 2.30. The summed E-state index contributed by atoms with van der Waals surface area (Å²) in [5.41, 5.74) is 0. The monoisotopic (exact) mass is 304 g/mol. The molecule has 0 radical (unpaired) electrons. The minimum absolute atomic E-state index is 0. The molecule has 2 aliphatic rings. The number of carbonyl (C=O) groups is 2. The van der Waals surface area contributed by atoms with Gasteiger partial charge in [0, 0.05) is 12.6 Å². The zero-order valence-electron chi connectivity index (χ0n) is 12.0. The van der Waals surface area contributed by atoms with Crippen LogP contribution in [0.3, 0.4) is 0 Å². The van der Waals surface area contributed by atoms with E-state index in [1.54, 1.807) is 0 Å². The highest BCUT2D eigenvalue weighted by molar-refractivity contribution is 5.85. The molecule has 0 aromatic heterocycles. The second kappa shape index (κ2) is 7.84. The number of carbonyl (C=O) groups excluding carboxylic acids is 1. The topological polar surface area (TPSA) is 69.6 Å². The normalized spacial score (nSPS) is 30.6. The van der Waals surface area contributed by atoms with Crippen LogP contribution >= 0.6 is 12.4 Å². The van der Waals surface area contributed by atoms with Gasteiger partial charge in [-0.1, -0.05) is 19.8 Å². The van der Waals surface area contributed by atoms with Crippen LogP contribution in [0.1, 0.15) is 39.0 Å². The van der Waals surface area contributed by atoms with Gasteiger partial charge in [-0.3, -0.25) is 14.5 Å². The number of halogens is 1. The number of nitrogens with zero attached hydrogens (tertiary/aromatic N) is 1. The van der Waals surface area contributed by atoms with E-state index in [0.717, 1.165) is 6.42 Å². The summed E-state index contributed by atoms with van der Waals surface area (Å²) in [6.45, 7) is 3.75. The maximum Gasteiger partial charge on any atom is 0.307 e. The number of carboxylic acids is 1. The third-order valence-electron chi connectivity index (χ3n) is 4.45. The van der Waals surface area contributed by atoms with Gasteiger partial charge >= 0.3 is 5.97 Å². The fourth-order valence-electron chi connectivity index (χ4n) is 3.16. The zero-order chi connectivity index (χ0) is 13.8. The Morgan fingerprint density at radius 3 is 2.55 bits per heavy atom. The molecule has 1 aliphatic heterocycles. The van der Waals surface area contributed by atoms with Crippen molar-refractivity contribution in [3.63, 3.8) is 0 Å². The molecule has 3 atom stereocenters. The van der Waals surface area contributed by atoms with Crippen LogP contribution in [-0.4, -0.2) is 47.6 Å². The molecule has 1 heterocycles. The molecule has 1 saturated heterocycles. The molecule has 2 fully saturated rings. The highest BCUT2D eigenvalue weighted by Crippen LogP contribution is 2.23. The molecule has 20 heavy (non-hydrogen) atoms. The number of likely N-dealkylation sites (tertiary alicyclic amines) is 1. The molecular formula is C14H25ClN2O3. The number of rotatable bonds is 4. The first-order chi connectivity index (χ1) is 9.06. The maximum atomic E-state index is 12.0. The van der Waals surface area contributed by atoms with Gasteiger partial charge in [0.05, 0.1) is 12.5 Å². The Labute approximate surface area is 126 Å². The summed E-state index contributed by atoms with van der Waals surface area (Å²) in [5.74, 6) is -0.446. The summed E-state index contributed by atoms with van der Waals surface area (Å²) in [5, 5.41) is 12.0. The van der Waals surface area contributed by atoms with Crippen LogP contribution in [0, 0.1) is 11.8 Å². The third kappa shape index (κ3) is 4.63. The predicted octanol–water partition coefficient (Wildman–Crippen LogP) is 1.51. The average Bonchev–Trinajstić information content (AvgIpc) is 2.80. The van der Waals surface area contributed by atoms with Crippen molar-refractivity contribution in [2.24, 2.45) is 11.8 Å². The number of hydrogen-bond donors (Lipinski definition) is 2. The molecule has 1 saturated carbocycles. The van der Waals surface area contributed by atoms with Gasteiger partial charge in [-0.15, -0.1) is 12.4 Å². The highest BCUT2D eigenvalue weighted by atomic mass is 35.5. The van der Waals surface area contributed by atoms with Crippen molar-refractivity contribution in [3.8, 4) is 0 Å². The molecule has 6 heteroatoms.